The lowest BCUT2D eigenvalue weighted by Gasteiger charge is -2.18. The summed E-state index contributed by atoms with van der Waals surface area (Å²) in [5, 5.41) is 9.32. The van der Waals surface area contributed by atoms with Gasteiger partial charge in [-0.25, -0.2) is 4.39 Å². The van der Waals surface area contributed by atoms with Gasteiger partial charge in [-0.05, 0) is 49.9 Å². The number of aliphatic imine (C=N–C) groups is 1. The molecule has 1 aromatic carbocycles. The highest BCUT2D eigenvalue weighted by molar-refractivity contribution is 5.87. The monoisotopic (exact) mass is 207 g/mol. The van der Waals surface area contributed by atoms with E-state index in [9.17, 15) is 9.50 Å². The largest absolute Gasteiger partial charge is 0.393 e. The Morgan fingerprint density at radius 3 is 2.33 bits per heavy atom. The van der Waals surface area contributed by atoms with Gasteiger partial charge in [0.25, 0.3) is 0 Å². The van der Waals surface area contributed by atoms with E-state index >= 15 is 0 Å². The standard InChI is InChI=1S/C12H14FNO/c13-9-1-3-10(4-2-9)14-11-5-7-12(15)8-6-11/h1-4,12,15H,5-8H2. The van der Waals surface area contributed by atoms with Crippen LogP contribution in [0.5, 0.6) is 0 Å². The highest BCUT2D eigenvalue weighted by Crippen LogP contribution is 2.20. The van der Waals surface area contributed by atoms with Crippen LogP contribution >= 0.6 is 0 Å². The van der Waals surface area contributed by atoms with E-state index in [1.165, 1.54) is 12.1 Å². The van der Waals surface area contributed by atoms with Gasteiger partial charge in [0, 0.05) is 5.71 Å². The molecule has 3 heteroatoms. The topological polar surface area (TPSA) is 32.6 Å². The van der Waals surface area contributed by atoms with Crippen LogP contribution in [0.3, 0.4) is 0 Å². The molecule has 0 unspecified atom stereocenters. The summed E-state index contributed by atoms with van der Waals surface area (Å²) >= 11 is 0. The molecule has 1 fully saturated rings. The second-order valence-electron chi connectivity index (χ2n) is 3.89. The molecule has 1 aliphatic rings. The van der Waals surface area contributed by atoms with Gasteiger partial charge in [0.2, 0.25) is 0 Å². The fourth-order valence-corrected chi connectivity index (χ4v) is 1.75. The van der Waals surface area contributed by atoms with Crippen molar-refractivity contribution in [3.05, 3.63) is 30.1 Å². The third-order valence-electron chi connectivity index (χ3n) is 2.65. The second-order valence-corrected chi connectivity index (χ2v) is 3.89. The SMILES string of the molecule is OC1CCC(=Nc2ccc(F)cc2)CC1. The van der Waals surface area contributed by atoms with Gasteiger partial charge in [-0.15, -0.1) is 0 Å². The zero-order valence-corrected chi connectivity index (χ0v) is 8.49. The van der Waals surface area contributed by atoms with E-state index in [0.717, 1.165) is 37.1 Å². The van der Waals surface area contributed by atoms with Crippen LogP contribution < -0.4 is 0 Å². The van der Waals surface area contributed by atoms with E-state index in [1.54, 1.807) is 12.1 Å². The van der Waals surface area contributed by atoms with Crippen LogP contribution in [0.25, 0.3) is 0 Å². The summed E-state index contributed by atoms with van der Waals surface area (Å²) in [5.41, 5.74) is 1.90. The smallest absolute Gasteiger partial charge is 0.123 e. The Balaban J connectivity index is 2.06. The first-order chi connectivity index (χ1) is 7.24. The number of halogens is 1. The van der Waals surface area contributed by atoms with Gasteiger partial charge >= 0.3 is 0 Å². The van der Waals surface area contributed by atoms with Crippen LogP contribution in [-0.2, 0) is 0 Å². The number of hydrogen-bond acceptors (Lipinski definition) is 2. The molecule has 1 aromatic rings. The summed E-state index contributed by atoms with van der Waals surface area (Å²) in [6.45, 7) is 0. The van der Waals surface area contributed by atoms with Gasteiger partial charge in [-0.2, -0.15) is 0 Å². The minimum atomic E-state index is -0.238. The molecule has 1 saturated carbocycles. The lowest BCUT2D eigenvalue weighted by atomic mass is 9.96. The van der Waals surface area contributed by atoms with Crippen LogP contribution in [0.2, 0.25) is 0 Å². The van der Waals surface area contributed by atoms with Crippen LogP contribution in [0.4, 0.5) is 10.1 Å². The van der Waals surface area contributed by atoms with E-state index in [2.05, 4.69) is 4.99 Å². The first-order valence-corrected chi connectivity index (χ1v) is 5.24. The number of aliphatic hydroxyl groups excluding tert-OH is 1. The number of benzene rings is 1. The summed E-state index contributed by atoms with van der Waals surface area (Å²) in [5.74, 6) is -0.238. The summed E-state index contributed by atoms with van der Waals surface area (Å²) in [6.07, 6.45) is 3.11. The molecule has 0 radical (unpaired) electrons. The van der Waals surface area contributed by atoms with Crippen molar-refractivity contribution in [1.82, 2.24) is 0 Å². The van der Waals surface area contributed by atoms with Gasteiger partial charge in [0.1, 0.15) is 5.82 Å². The molecule has 2 nitrogen and oxygen atoms in total. The van der Waals surface area contributed by atoms with E-state index in [1.807, 2.05) is 0 Å². The third-order valence-corrected chi connectivity index (χ3v) is 2.65. The van der Waals surface area contributed by atoms with Crippen LogP contribution in [0, 0.1) is 5.82 Å². The molecule has 0 atom stereocenters. The fraction of sp³-hybridized carbons (Fsp3) is 0.417. The normalized spacial score (nSPS) is 21.5. The van der Waals surface area contributed by atoms with Gasteiger partial charge in [0.15, 0.2) is 0 Å². The molecule has 1 N–H and O–H groups in total. The molecule has 0 amide bonds. The summed E-state index contributed by atoms with van der Waals surface area (Å²) < 4.78 is 12.6. The number of aliphatic hydroxyl groups is 1. The summed E-state index contributed by atoms with van der Waals surface area (Å²) in [6, 6.07) is 6.18. The van der Waals surface area contributed by atoms with E-state index < -0.39 is 0 Å². The minimum absolute atomic E-state index is 0.169. The average molecular weight is 207 g/mol. The van der Waals surface area contributed by atoms with Gasteiger partial charge < -0.3 is 5.11 Å². The van der Waals surface area contributed by atoms with Crippen molar-refractivity contribution in [3.8, 4) is 0 Å². The average Bonchev–Trinajstić information content (AvgIpc) is 2.25. The summed E-state index contributed by atoms with van der Waals surface area (Å²) in [4.78, 5) is 4.43. The third kappa shape index (κ3) is 2.86. The predicted octanol–water partition coefficient (Wildman–Crippen LogP) is 2.83. The zero-order valence-electron chi connectivity index (χ0n) is 8.49. The molecule has 2 rings (SSSR count). The van der Waals surface area contributed by atoms with Crippen molar-refractivity contribution in [2.24, 2.45) is 4.99 Å². The molecule has 1 aliphatic carbocycles. The molecule has 0 aliphatic heterocycles. The summed E-state index contributed by atoms with van der Waals surface area (Å²) in [7, 11) is 0. The molecular weight excluding hydrogens is 193 g/mol. The molecule has 15 heavy (non-hydrogen) atoms. The Kier molecular flexibility index (Phi) is 3.11. The number of hydrogen-bond donors (Lipinski definition) is 1. The lowest BCUT2D eigenvalue weighted by Crippen LogP contribution is -2.17. The predicted molar refractivity (Wildman–Crippen MR) is 58.0 cm³/mol. The highest BCUT2D eigenvalue weighted by atomic mass is 19.1. The Morgan fingerprint density at radius 1 is 1.13 bits per heavy atom. The van der Waals surface area contributed by atoms with E-state index in [4.69, 9.17) is 0 Å². The number of rotatable bonds is 1. The molecule has 0 spiro atoms. The van der Waals surface area contributed by atoms with Crippen molar-refractivity contribution in [2.75, 3.05) is 0 Å². The second kappa shape index (κ2) is 4.53. The van der Waals surface area contributed by atoms with Crippen molar-refractivity contribution in [2.45, 2.75) is 31.8 Å². The quantitative estimate of drug-likeness (QED) is 0.754. The van der Waals surface area contributed by atoms with Crippen molar-refractivity contribution >= 4 is 11.4 Å². The van der Waals surface area contributed by atoms with Gasteiger partial charge in [-0.1, -0.05) is 0 Å². The first-order valence-electron chi connectivity index (χ1n) is 5.24. The van der Waals surface area contributed by atoms with Crippen LogP contribution in [0.15, 0.2) is 29.3 Å². The fourth-order valence-electron chi connectivity index (χ4n) is 1.75. The van der Waals surface area contributed by atoms with Crippen LogP contribution in [0.1, 0.15) is 25.7 Å². The minimum Gasteiger partial charge on any atom is -0.393 e. The zero-order chi connectivity index (χ0) is 10.7. The maximum absolute atomic E-state index is 12.6. The van der Waals surface area contributed by atoms with Crippen LogP contribution in [-0.4, -0.2) is 16.9 Å². The molecule has 0 bridgehead atoms. The molecule has 80 valence electrons. The van der Waals surface area contributed by atoms with Crippen molar-refractivity contribution in [1.29, 1.82) is 0 Å². The molecular formula is C12H14FNO. The lowest BCUT2D eigenvalue weighted by molar-refractivity contribution is 0.152. The Hall–Kier alpha value is -1.22. The molecule has 0 aromatic heterocycles. The van der Waals surface area contributed by atoms with Gasteiger partial charge in [-0.3, -0.25) is 4.99 Å². The highest BCUT2D eigenvalue weighted by Gasteiger charge is 2.14. The van der Waals surface area contributed by atoms with Gasteiger partial charge in [0.05, 0.1) is 11.8 Å². The Labute approximate surface area is 88.5 Å². The first kappa shape index (κ1) is 10.3. The van der Waals surface area contributed by atoms with E-state index in [-0.39, 0.29) is 11.9 Å². The maximum Gasteiger partial charge on any atom is 0.123 e. The van der Waals surface area contributed by atoms with Crippen molar-refractivity contribution in [3.63, 3.8) is 0 Å². The molecule has 0 heterocycles. The number of nitrogens with zero attached hydrogens (tertiary/aromatic N) is 1. The Morgan fingerprint density at radius 2 is 1.73 bits per heavy atom. The van der Waals surface area contributed by atoms with Crippen molar-refractivity contribution < 1.29 is 9.50 Å². The maximum atomic E-state index is 12.6. The molecule has 0 saturated heterocycles. The Bertz CT molecular complexity index is 348. The van der Waals surface area contributed by atoms with E-state index in [0.29, 0.717) is 0 Å².